The van der Waals surface area contributed by atoms with Crippen molar-refractivity contribution in [2.75, 3.05) is 109 Å². The Morgan fingerprint density at radius 1 is 0.861 bits per heavy atom. The van der Waals surface area contributed by atoms with Crippen molar-refractivity contribution in [2.45, 2.75) is 18.6 Å². The van der Waals surface area contributed by atoms with E-state index in [1.165, 1.54) is 23.9 Å². The molecule has 1 atom stereocenters. The maximum Gasteiger partial charge on any atom is 0.344 e. The maximum atomic E-state index is 14.6. The summed E-state index contributed by atoms with van der Waals surface area (Å²) in [6.45, 7) is 8.84. The number of aromatic hydroxyl groups is 1. The Morgan fingerprint density at radius 3 is 2.35 bits per heavy atom. The normalized spacial score (nSPS) is 15.7. The molecule has 1 unspecified atom stereocenters. The van der Waals surface area contributed by atoms with Gasteiger partial charge in [0.15, 0.2) is 11.5 Å². The molecule has 2 aliphatic heterocycles. The van der Waals surface area contributed by atoms with E-state index in [1.807, 2.05) is 48.5 Å². The van der Waals surface area contributed by atoms with Crippen molar-refractivity contribution in [3.05, 3.63) is 118 Å². The first-order chi connectivity index (χ1) is 35.1. The molecular weight excluding hydrogens is 950 g/mol. The van der Waals surface area contributed by atoms with E-state index in [-0.39, 0.29) is 65.4 Å². The van der Waals surface area contributed by atoms with E-state index in [1.54, 1.807) is 31.2 Å². The number of imidazole rings is 1. The molecule has 6 aromatic rings. The maximum absolute atomic E-state index is 14.6. The Hall–Kier alpha value is -7.17. The molecule has 21 heteroatoms. The second-order valence-corrected chi connectivity index (χ2v) is 17.9. The number of carbonyl (C=O) groups is 2. The van der Waals surface area contributed by atoms with Gasteiger partial charge in [-0.3, -0.25) is 9.69 Å². The highest BCUT2D eigenvalue weighted by Crippen LogP contribution is 2.39. The van der Waals surface area contributed by atoms with E-state index in [0.29, 0.717) is 86.6 Å². The first kappa shape index (κ1) is 51.2. The van der Waals surface area contributed by atoms with Crippen LogP contribution < -0.4 is 31.6 Å². The average molecular weight is 1010 g/mol. The van der Waals surface area contributed by atoms with Crippen molar-refractivity contribution in [1.29, 1.82) is 0 Å². The minimum absolute atomic E-state index is 0.0328. The number of rotatable bonds is 23. The van der Waals surface area contributed by atoms with Crippen LogP contribution in [0.15, 0.2) is 106 Å². The molecule has 1 fully saturated rings. The SMILES string of the molecule is CCOC(=O)C1=C(O)C(Cc2ccc(OCCOCCOCCOCCNC(=O)NCCN3CCN(c4ccc5nc(-c6c(N)c7c(F)cccc7[nH]c6=O)[nH]c5c4)CC3)c(O)c2)SC1=Nc1ccccc1. The van der Waals surface area contributed by atoms with Crippen molar-refractivity contribution < 1.29 is 47.9 Å². The Morgan fingerprint density at radius 2 is 1.60 bits per heavy atom. The molecule has 0 radical (unpaired) electrons. The summed E-state index contributed by atoms with van der Waals surface area (Å²) < 4.78 is 42.2. The lowest BCUT2D eigenvalue weighted by molar-refractivity contribution is -0.138. The minimum atomic E-state index is -0.635. The Kier molecular flexibility index (Phi) is 17.6. The van der Waals surface area contributed by atoms with Crippen molar-refractivity contribution in [1.82, 2.24) is 30.5 Å². The number of nitrogens with two attached hydrogens (primary N) is 1. The topological polar surface area (TPSA) is 251 Å². The number of hydrogen-bond acceptors (Lipinski definition) is 16. The monoisotopic (exact) mass is 1010 g/mol. The van der Waals surface area contributed by atoms with Crippen LogP contribution in [0.4, 0.5) is 26.2 Å². The van der Waals surface area contributed by atoms with Crippen LogP contribution in [0.3, 0.4) is 0 Å². The number of pyridine rings is 1. The van der Waals surface area contributed by atoms with Gasteiger partial charge in [0.25, 0.3) is 5.56 Å². The number of aliphatic hydroxyl groups excluding tert-OH is 1. The highest BCUT2D eigenvalue weighted by Gasteiger charge is 2.37. The van der Waals surface area contributed by atoms with Crippen LogP contribution in [0.2, 0.25) is 0 Å². The summed E-state index contributed by atoms with van der Waals surface area (Å²) in [6, 6.07) is 24.2. The van der Waals surface area contributed by atoms with Crippen molar-refractivity contribution in [3.63, 3.8) is 0 Å². The lowest BCUT2D eigenvalue weighted by atomic mass is 10.1. The number of aromatic amines is 2. The number of aliphatic hydroxyl groups is 1. The number of aliphatic imine (C=N–C) groups is 1. The van der Waals surface area contributed by atoms with Crippen molar-refractivity contribution >= 4 is 67.8 Å². The summed E-state index contributed by atoms with van der Waals surface area (Å²) >= 11 is 1.27. The van der Waals surface area contributed by atoms with Crippen LogP contribution >= 0.6 is 11.8 Å². The summed E-state index contributed by atoms with van der Waals surface area (Å²) in [5.74, 6) is -0.764. The standard InChI is InChI=1S/C51H58FN9O10S/c1-2-70-50(65)44-46(63)41(72-49(44)56-33-7-4-3-5-8-33)30-32-11-14-40(39(62)29-32)71-28-27-69-26-25-68-24-23-67-22-16-55-51(66)54-15-17-60-18-20-61(21-19-60)34-12-13-36-38(31-34)58-47(57-36)43-45(53)42-35(52)9-6-10-37(42)59-48(43)64/h3-14,29,31,41,62-63H,2,15-28,30H2,1H3,(H,57,58)(H3,53,59,64)(H2,54,55,66). The number of nitrogens with one attached hydrogen (secondary N) is 4. The van der Waals surface area contributed by atoms with Crippen LogP contribution in [0.25, 0.3) is 33.3 Å². The molecule has 0 spiro atoms. The van der Waals surface area contributed by atoms with E-state index in [4.69, 9.17) is 29.4 Å². The number of para-hydroxylation sites is 1. The third kappa shape index (κ3) is 13.0. The first-order valence-electron chi connectivity index (χ1n) is 23.7. The summed E-state index contributed by atoms with van der Waals surface area (Å²) in [5, 5.41) is 27.4. The second-order valence-electron chi connectivity index (χ2n) is 16.7. The fourth-order valence-corrected chi connectivity index (χ4v) is 9.51. The zero-order valence-electron chi connectivity index (χ0n) is 39.8. The van der Waals surface area contributed by atoms with E-state index in [9.17, 15) is 29.0 Å². The van der Waals surface area contributed by atoms with Gasteiger partial charge in [0.2, 0.25) is 0 Å². The average Bonchev–Trinajstić information content (AvgIpc) is 3.92. The van der Waals surface area contributed by atoms with Crippen LogP contribution in [0.1, 0.15) is 12.5 Å². The fourth-order valence-electron chi connectivity index (χ4n) is 8.27. The Balaban J connectivity index is 0.638. The molecule has 8 N–H and O–H groups in total. The highest BCUT2D eigenvalue weighted by molar-refractivity contribution is 8.15. The van der Waals surface area contributed by atoms with Gasteiger partial charge in [-0.2, -0.15) is 0 Å². The van der Waals surface area contributed by atoms with Gasteiger partial charge in [-0.15, -0.1) is 0 Å². The number of carbonyl (C=O) groups excluding carboxylic acids is 2. The molecule has 0 bridgehead atoms. The van der Waals surface area contributed by atoms with Gasteiger partial charge in [-0.05, 0) is 73.5 Å². The fraction of sp³-hybridized carbons (Fsp3) is 0.353. The van der Waals surface area contributed by atoms with E-state index in [0.717, 1.165) is 42.9 Å². The van der Waals surface area contributed by atoms with Gasteiger partial charge >= 0.3 is 12.0 Å². The van der Waals surface area contributed by atoms with Gasteiger partial charge in [-0.1, -0.05) is 42.1 Å². The molecule has 8 rings (SSSR count). The number of phenols is 1. The number of anilines is 2. The molecule has 19 nitrogen and oxygen atoms in total. The van der Waals surface area contributed by atoms with Gasteiger partial charge in [-0.25, -0.2) is 24.0 Å². The third-order valence-electron chi connectivity index (χ3n) is 11.9. The largest absolute Gasteiger partial charge is 0.510 e. The molecule has 2 aliphatic rings. The Labute approximate surface area is 418 Å². The zero-order chi connectivity index (χ0) is 50.4. The third-order valence-corrected chi connectivity index (χ3v) is 13.1. The number of esters is 1. The number of H-pyrrole nitrogens is 2. The number of piperazine rings is 1. The van der Waals surface area contributed by atoms with Crippen LogP contribution in [0.5, 0.6) is 11.5 Å². The van der Waals surface area contributed by atoms with E-state index < -0.39 is 22.6 Å². The molecule has 380 valence electrons. The number of halogens is 1. The molecule has 4 aromatic carbocycles. The molecule has 0 saturated carbocycles. The quantitative estimate of drug-likeness (QED) is 0.0296. The molecule has 1 saturated heterocycles. The summed E-state index contributed by atoms with van der Waals surface area (Å²) in [6.07, 6.45) is 0.329. The minimum Gasteiger partial charge on any atom is -0.510 e. The number of phenolic OH excluding ortho intramolecular Hbond substituents is 1. The smallest absolute Gasteiger partial charge is 0.344 e. The summed E-state index contributed by atoms with van der Waals surface area (Å²) in [4.78, 5) is 57.7. The number of aromatic nitrogens is 3. The number of benzene rings is 4. The lowest BCUT2D eigenvalue weighted by Crippen LogP contribution is -2.49. The highest BCUT2D eigenvalue weighted by atomic mass is 32.2. The first-order valence-corrected chi connectivity index (χ1v) is 24.6. The van der Waals surface area contributed by atoms with Crippen molar-refractivity contribution in [2.24, 2.45) is 4.99 Å². The predicted molar refractivity (Wildman–Crippen MR) is 275 cm³/mol. The number of hydrogen-bond donors (Lipinski definition) is 7. The van der Waals surface area contributed by atoms with E-state index >= 15 is 0 Å². The van der Waals surface area contributed by atoms with Gasteiger partial charge < -0.3 is 65.1 Å². The zero-order valence-corrected chi connectivity index (χ0v) is 40.6. The number of ether oxygens (including phenoxy) is 5. The van der Waals surface area contributed by atoms with E-state index in [2.05, 4.69) is 40.4 Å². The molecule has 72 heavy (non-hydrogen) atoms. The van der Waals surface area contributed by atoms with Gasteiger partial charge in [0, 0.05) is 51.5 Å². The number of amides is 2. The number of urea groups is 1. The number of thioether (sulfide) groups is 1. The number of nitrogens with zero attached hydrogens (tertiary/aromatic N) is 4. The summed E-state index contributed by atoms with van der Waals surface area (Å²) in [5.41, 5.74) is 10.1. The molecule has 2 aromatic heterocycles. The van der Waals surface area contributed by atoms with Gasteiger partial charge in [0.05, 0.1) is 84.8 Å². The van der Waals surface area contributed by atoms with Crippen LogP contribution in [-0.4, -0.2) is 151 Å². The van der Waals surface area contributed by atoms with Crippen LogP contribution in [0, 0.1) is 5.82 Å². The molecule has 4 heterocycles. The lowest BCUT2D eigenvalue weighted by Gasteiger charge is -2.36. The summed E-state index contributed by atoms with van der Waals surface area (Å²) in [7, 11) is 0. The number of nitrogen functional groups attached to an aromatic ring is 1. The molecular formula is C51H58FN9O10S. The molecule has 0 aliphatic carbocycles. The van der Waals surface area contributed by atoms with Crippen molar-refractivity contribution in [3.8, 4) is 22.9 Å². The Bertz CT molecular complexity index is 2960. The van der Waals surface area contributed by atoms with Crippen LogP contribution in [-0.2, 0) is 30.2 Å². The molecule has 2 amide bonds. The number of fused-ring (bicyclic) bond motifs is 2. The predicted octanol–water partition coefficient (Wildman–Crippen LogP) is 5.81. The second kappa shape index (κ2) is 24.8. The van der Waals surface area contributed by atoms with Gasteiger partial charge in [0.1, 0.15) is 40.2 Å².